The third kappa shape index (κ3) is 1.72. The van der Waals surface area contributed by atoms with E-state index in [1.54, 1.807) is 12.5 Å². The molecule has 4 nitrogen and oxygen atoms in total. The van der Waals surface area contributed by atoms with Crippen LogP contribution < -0.4 is 0 Å². The number of likely N-dealkylation sites (tertiary alicyclic amines) is 1. The molecular formula is C9H11NO3. The Kier molecular flexibility index (Phi) is 2.06. The van der Waals surface area contributed by atoms with Crippen LogP contribution >= 0.6 is 0 Å². The molecule has 1 N–H and O–H groups in total. The standard InChI is InChI=1S/C9H11NO3/c11-9(12)8-4-10(5-8)3-7-1-2-13-6-7/h1-2,6,8H,3-5H2,(H,11,12). The number of aliphatic carboxylic acids is 1. The Balaban J connectivity index is 1.79. The molecule has 0 atom stereocenters. The molecule has 0 bridgehead atoms. The number of nitrogens with zero attached hydrogens (tertiary/aromatic N) is 1. The number of carbonyl (C=O) groups is 1. The molecule has 13 heavy (non-hydrogen) atoms. The van der Waals surface area contributed by atoms with Gasteiger partial charge in [-0.3, -0.25) is 9.69 Å². The largest absolute Gasteiger partial charge is 0.481 e. The first kappa shape index (κ1) is 8.31. The van der Waals surface area contributed by atoms with Crippen molar-refractivity contribution in [2.24, 2.45) is 5.92 Å². The number of carboxylic acids is 1. The van der Waals surface area contributed by atoms with Gasteiger partial charge in [-0.05, 0) is 6.07 Å². The van der Waals surface area contributed by atoms with E-state index in [1.165, 1.54) is 0 Å². The SMILES string of the molecule is O=C(O)C1CN(Cc2ccoc2)C1. The highest BCUT2D eigenvalue weighted by Gasteiger charge is 2.32. The van der Waals surface area contributed by atoms with Crippen molar-refractivity contribution in [3.8, 4) is 0 Å². The van der Waals surface area contributed by atoms with Crippen LogP contribution in [0.2, 0.25) is 0 Å². The van der Waals surface area contributed by atoms with Crippen LogP contribution in [0.4, 0.5) is 0 Å². The van der Waals surface area contributed by atoms with Gasteiger partial charge in [0.25, 0.3) is 0 Å². The third-order valence-electron chi connectivity index (χ3n) is 2.29. The van der Waals surface area contributed by atoms with Crippen molar-refractivity contribution in [3.05, 3.63) is 24.2 Å². The molecule has 1 aliphatic rings. The highest BCUT2D eigenvalue weighted by Crippen LogP contribution is 2.18. The second-order valence-corrected chi connectivity index (χ2v) is 3.36. The predicted molar refractivity (Wildman–Crippen MR) is 45.1 cm³/mol. The molecule has 2 rings (SSSR count). The van der Waals surface area contributed by atoms with Crippen molar-refractivity contribution in [3.63, 3.8) is 0 Å². The summed E-state index contributed by atoms with van der Waals surface area (Å²) >= 11 is 0. The zero-order valence-corrected chi connectivity index (χ0v) is 7.14. The lowest BCUT2D eigenvalue weighted by molar-refractivity contribution is -0.147. The first-order valence-electron chi connectivity index (χ1n) is 4.22. The molecule has 1 fully saturated rings. The maximum atomic E-state index is 10.5. The molecule has 4 heteroatoms. The average molecular weight is 181 g/mol. The second-order valence-electron chi connectivity index (χ2n) is 3.36. The quantitative estimate of drug-likeness (QED) is 0.749. The number of furan rings is 1. The van der Waals surface area contributed by atoms with Gasteiger partial charge in [0.05, 0.1) is 18.4 Å². The van der Waals surface area contributed by atoms with Crippen LogP contribution in [0.25, 0.3) is 0 Å². The lowest BCUT2D eigenvalue weighted by Crippen LogP contribution is -2.49. The summed E-state index contributed by atoms with van der Waals surface area (Å²) in [5.74, 6) is -0.865. The van der Waals surface area contributed by atoms with Crippen LogP contribution in [0.15, 0.2) is 23.0 Å². The van der Waals surface area contributed by atoms with E-state index < -0.39 is 5.97 Å². The number of rotatable bonds is 3. The van der Waals surface area contributed by atoms with E-state index in [-0.39, 0.29) is 5.92 Å². The van der Waals surface area contributed by atoms with Crippen molar-refractivity contribution in [2.75, 3.05) is 13.1 Å². The molecule has 70 valence electrons. The Morgan fingerprint density at radius 1 is 1.69 bits per heavy atom. The molecule has 0 radical (unpaired) electrons. The zero-order chi connectivity index (χ0) is 9.26. The van der Waals surface area contributed by atoms with Crippen molar-refractivity contribution in [1.82, 2.24) is 4.90 Å². The van der Waals surface area contributed by atoms with Crippen LogP contribution in [0, 0.1) is 5.92 Å². The van der Waals surface area contributed by atoms with Gasteiger partial charge >= 0.3 is 5.97 Å². The van der Waals surface area contributed by atoms with Crippen LogP contribution in [0.3, 0.4) is 0 Å². The first-order valence-corrected chi connectivity index (χ1v) is 4.22. The van der Waals surface area contributed by atoms with E-state index in [4.69, 9.17) is 9.52 Å². The van der Waals surface area contributed by atoms with E-state index in [1.807, 2.05) is 6.07 Å². The third-order valence-corrected chi connectivity index (χ3v) is 2.29. The average Bonchev–Trinajstić information content (AvgIpc) is 2.46. The van der Waals surface area contributed by atoms with Gasteiger partial charge in [0.1, 0.15) is 0 Å². The number of carboxylic acid groups (broad SMARTS) is 1. The smallest absolute Gasteiger partial charge is 0.309 e. The van der Waals surface area contributed by atoms with Gasteiger partial charge in [-0.15, -0.1) is 0 Å². The summed E-state index contributed by atoms with van der Waals surface area (Å²) in [4.78, 5) is 12.6. The van der Waals surface area contributed by atoms with Gasteiger partial charge in [0.15, 0.2) is 0 Å². The van der Waals surface area contributed by atoms with Gasteiger partial charge in [0, 0.05) is 25.2 Å². The summed E-state index contributed by atoms with van der Waals surface area (Å²) in [5, 5.41) is 8.63. The molecule has 0 amide bonds. The minimum atomic E-state index is -0.691. The summed E-state index contributed by atoms with van der Waals surface area (Å²) in [6, 6.07) is 1.90. The fraction of sp³-hybridized carbons (Fsp3) is 0.444. The van der Waals surface area contributed by atoms with Crippen molar-refractivity contribution < 1.29 is 14.3 Å². The number of hydrogen-bond acceptors (Lipinski definition) is 3. The minimum Gasteiger partial charge on any atom is -0.481 e. The zero-order valence-electron chi connectivity index (χ0n) is 7.14. The molecule has 2 heterocycles. The summed E-state index contributed by atoms with van der Waals surface area (Å²) in [5.41, 5.74) is 1.10. The van der Waals surface area contributed by atoms with Crippen LogP contribution in [-0.2, 0) is 11.3 Å². The Hall–Kier alpha value is -1.29. The molecule has 0 saturated carbocycles. The molecule has 1 aromatic heterocycles. The first-order chi connectivity index (χ1) is 6.25. The lowest BCUT2D eigenvalue weighted by Gasteiger charge is -2.36. The predicted octanol–water partition coefficient (Wildman–Crippen LogP) is 0.796. The van der Waals surface area contributed by atoms with E-state index >= 15 is 0 Å². The molecule has 1 aliphatic heterocycles. The van der Waals surface area contributed by atoms with Gasteiger partial charge in [0.2, 0.25) is 0 Å². The molecule has 0 aromatic carbocycles. The van der Waals surface area contributed by atoms with E-state index in [2.05, 4.69) is 4.90 Å². The van der Waals surface area contributed by atoms with E-state index in [9.17, 15) is 4.79 Å². The molecule has 1 saturated heterocycles. The lowest BCUT2D eigenvalue weighted by atomic mass is 10.0. The van der Waals surface area contributed by atoms with Crippen LogP contribution in [0.5, 0.6) is 0 Å². The molecule has 0 spiro atoms. The van der Waals surface area contributed by atoms with Crippen molar-refractivity contribution >= 4 is 5.97 Å². The topological polar surface area (TPSA) is 53.7 Å². The van der Waals surface area contributed by atoms with Gasteiger partial charge in [-0.1, -0.05) is 0 Å². The fourth-order valence-electron chi connectivity index (χ4n) is 1.50. The highest BCUT2D eigenvalue weighted by molar-refractivity contribution is 5.71. The highest BCUT2D eigenvalue weighted by atomic mass is 16.4. The minimum absolute atomic E-state index is 0.174. The summed E-state index contributed by atoms with van der Waals surface area (Å²) in [7, 11) is 0. The van der Waals surface area contributed by atoms with Crippen LogP contribution in [-0.4, -0.2) is 29.1 Å². The Labute approximate surface area is 75.8 Å². The summed E-state index contributed by atoms with van der Waals surface area (Å²) < 4.78 is 4.92. The maximum absolute atomic E-state index is 10.5. The van der Waals surface area contributed by atoms with Crippen molar-refractivity contribution in [2.45, 2.75) is 6.54 Å². The van der Waals surface area contributed by atoms with Gasteiger partial charge in [-0.25, -0.2) is 0 Å². The Bertz CT molecular complexity index is 288. The molecule has 1 aromatic rings. The van der Waals surface area contributed by atoms with Gasteiger partial charge < -0.3 is 9.52 Å². The van der Waals surface area contributed by atoms with Crippen molar-refractivity contribution in [1.29, 1.82) is 0 Å². The summed E-state index contributed by atoms with van der Waals surface area (Å²) in [6.07, 6.45) is 3.32. The van der Waals surface area contributed by atoms with E-state index in [0.29, 0.717) is 13.1 Å². The summed E-state index contributed by atoms with van der Waals surface area (Å²) in [6.45, 7) is 2.10. The van der Waals surface area contributed by atoms with Gasteiger partial charge in [-0.2, -0.15) is 0 Å². The monoisotopic (exact) mass is 181 g/mol. The maximum Gasteiger partial charge on any atom is 0.309 e. The second kappa shape index (κ2) is 3.22. The number of hydrogen-bond donors (Lipinski definition) is 1. The normalized spacial score (nSPS) is 18.5. The Morgan fingerprint density at radius 3 is 3.00 bits per heavy atom. The molecule has 0 unspecified atom stereocenters. The van der Waals surface area contributed by atoms with E-state index in [0.717, 1.165) is 12.1 Å². The Morgan fingerprint density at radius 2 is 2.46 bits per heavy atom. The van der Waals surface area contributed by atoms with Crippen LogP contribution in [0.1, 0.15) is 5.56 Å². The molecular weight excluding hydrogens is 170 g/mol. The molecule has 0 aliphatic carbocycles. The fourth-order valence-corrected chi connectivity index (χ4v) is 1.50.